The van der Waals surface area contributed by atoms with Crippen LogP contribution in [-0.4, -0.2) is 30.3 Å². The van der Waals surface area contributed by atoms with Gasteiger partial charge in [-0.25, -0.2) is 4.79 Å². The van der Waals surface area contributed by atoms with Crippen molar-refractivity contribution in [3.63, 3.8) is 0 Å². The first-order valence-electron chi connectivity index (χ1n) is 5.11. The molecule has 88 valence electrons. The van der Waals surface area contributed by atoms with Crippen LogP contribution in [0, 0.1) is 0 Å². The van der Waals surface area contributed by atoms with Gasteiger partial charge in [0.2, 0.25) is 0 Å². The number of rotatable bonds is 1. The molecule has 1 aliphatic rings. The lowest BCUT2D eigenvalue weighted by Gasteiger charge is -2.13. The zero-order chi connectivity index (χ0) is 12.0. The van der Waals surface area contributed by atoms with E-state index in [4.69, 9.17) is 15.6 Å². The fraction of sp³-hybridized carbons (Fsp3) is 0.364. The molecule has 0 spiro atoms. The summed E-state index contributed by atoms with van der Waals surface area (Å²) in [5, 5.41) is 10.5. The number of primary amides is 1. The summed E-state index contributed by atoms with van der Waals surface area (Å²) in [7, 11) is 0. The first kappa shape index (κ1) is 12.5. The molecule has 0 radical (unpaired) electrons. The summed E-state index contributed by atoms with van der Waals surface area (Å²) in [6, 6.07) is 10.8. The van der Waals surface area contributed by atoms with Crippen molar-refractivity contribution in [1.82, 2.24) is 5.32 Å². The third-order valence-corrected chi connectivity index (χ3v) is 2.49. The van der Waals surface area contributed by atoms with Crippen LogP contribution in [0.1, 0.15) is 11.5 Å². The largest absolute Gasteiger partial charge is 0.465 e. The topological polar surface area (TPSA) is 101 Å². The summed E-state index contributed by atoms with van der Waals surface area (Å²) in [5.41, 5.74) is 11.3. The minimum absolute atomic E-state index is 0.285. The highest BCUT2D eigenvalue weighted by Gasteiger charge is 2.24. The fourth-order valence-electron chi connectivity index (χ4n) is 1.76. The predicted octanol–water partition coefficient (Wildman–Crippen LogP) is 0.324. The van der Waals surface area contributed by atoms with Gasteiger partial charge in [-0.1, -0.05) is 30.3 Å². The first-order chi connectivity index (χ1) is 7.61. The van der Waals surface area contributed by atoms with Crippen molar-refractivity contribution in [1.29, 1.82) is 0 Å². The van der Waals surface area contributed by atoms with Crippen molar-refractivity contribution in [3.05, 3.63) is 35.9 Å². The van der Waals surface area contributed by atoms with Gasteiger partial charge in [0.25, 0.3) is 0 Å². The second-order valence-electron chi connectivity index (χ2n) is 3.68. The third-order valence-electron chi connectivity index (χ3n) is 2.49. The summed E-state index contributed by atoms with van der Waals surface area (Å²) < 4.78 is 0. The normalized spacial score (nSPS) is 23.3. The molecule has 0 aliphatic carbocycles. The molecule has 1 aromatic carbocycles. The Morgan fingerprint density at radius 3 is 2.31 bits per heavy atom. The molecule has 5 nitrogen and oxygen atoms in total. The van der Waals surface area contributed by atoms with Crippen LogP contribution in [0.2, 0.25) is 0 Å². The number of amides is 1. The highest BCUT2D eigenvalue weighted by atomic mass is 16.4. The first-order valence-corrected chi connectivity index (χ1v) is 5.11. The average molecular weight is 223 g/mol. The Kier molecular flexibility index (Phi) is 4.75. The maximum absolute atomic E-state index is 8.78. The highest BCUT2D eigenvalue weighted by molar-refractivity contribution is 5.61. The monoisotopic (exact) mass is 223 g/mol. The second-order valence-corrected chi connectivity index (χ2v) is 3.68. The number of hydrogen-bond donors (Lipinski definition) is 4. The Morgan fingerprint density at radius 1 is 1.31 bits per heavy atom. The van der Waals surface area contributed by atoms with Crippen molar-refractivity contribution < 1.29 is 9.90 Å². The molecular weight excluding hydrogens is 206 g/mol. The minimum Gasteiger partial charge on any atom is -0.465 e. The van der Waals surface area contributed by atoms with Crippen LogP contribution < -0.4 is 16.8 Å². The van der Waals surface area contributed by atoms with Gasteiger partial charge in [0.05, 0.1) is 0 Å². The quantitative estimate of drug-likeness (QED) is 0.551. The van der Waals surface area contributed by atoms with Gasteiger partial charge in [-0.05, 0) is 5.56 Å². The summed E-state index contributed by atoms with van der Waals surface area (Å²) in [6.07, 6.45) is -1.33. The minimum atomic E-state index is -1.33. The number of nitrogens with one attached hydrogen (secondary N) is 1. The Morgan fingerprint density at radius 2 is 1.88 bits per heavy atom. The van der Waals surface area contributed by atoms with Gasteiger partial charge in [-0.15, -0.1) is 0 Å². The van der Waals surface area contributed by atoms with Crippen LogP contribution in [0.25, 0.3) is 0 Å². The van der Waals surface area contributed by atoms with Gasteiger partial charge in [-0.2, -0.15) is 0 Å². The summed E-state index contributed by atoms with van der Waals surface area (Å²) in [4.78, 5) is 8.78. The maximum Gasteiger partial charge on any atom is 0.402 e. The van der Waals surface area contributed by atoms with Gasteiger partial charge in [0.15, 0.2) is 0 Å². The Bertz CT molecular complexity index is 325. The van der Waals surface area contributed by atoms with Gasteiger partial charge < -0.3 is 21.9 Å². The highest BCUT2D eigenvalue weighted by Crippen LogP contribution is 2.20. The van der Waals surface area contributed by atoms with Crippen LogP contribution in [-0.2, 0) is 0 Å². The molecule has 0 aromatic heterocycles. The molecule has 2 atom stereocenters. The summed E-state index contributed by atoms with van der Waals surface area (Å²) in [5.74, 6) is 0.506. The standard InChI is InChI=1S/C10H14N2.CH3NO2/c11-10-7-12-6-9(10)8-4-2-1-3-5-8;2-1(3)4/h1-5,9-10,12H,6-7,11H2;2H2,(H,3,4)/t9-,10+;/m0./s1. The maximum atomic E-state index is 8.78. The van der Waals surface area contributed by atoms with Crippen LogP contribution in [0.4, 0.5) is 4.79 Å². The molecule has 6 N–H and O–H groups in total. The van der Waals surface area contributed by atoms with Gasteiger partial charge in [0, 0.05) is 25.0 Å². The second kappa shape index (κ2) is 6.09. The number of carboxylic acid groups (broad SMARTS) is 1. The molecule has 1 heterocycles. The van der Waals surface area contributed by atoms with Crippen molar-refractivity contribution in [2.45, 2.75) is 12.0 Å². The van der Waals surface area contributed by atoms with Gasteiger partial charge in [0.1, 0.15) is 0 Å². The average Bonchev–Trinajstić information content (AvgIpc) is 2.65. The van der Waals surface area contributed by atoms with E-state index < -0.39 is 6.09 Å². The lowest BCUT2D eigenvalue weighted by Crippen LogP contribution is -2.27. The Labute approximate surface area is 94.4 Å². The van der Waals surface area contributed by atoms with Crippen LogP contribution in [0.15, 0.2) is 30.3 Å². The van der Waals surface area contributed by atoms with Crippen LogP contribution >= 0.6 is 0 Å². The van der Waals surface area contributed by atoms with Crippen molar-refractivity contribution in [3.8, 4) is 0 Å². The van der Waals surface area contributed by atoms with Crippen LogP contribution in [0.3, 0.4) is 0 Å². The zero-order valence-electron chi connectivity index (χ0n) is 8.97. The molecule has 1 amide bonds. The summed E-state index contributed by atoms with van der Waals surface area (Å²) in [6.45, 7) is 1.96. The molecule has 2 rings (SSSR count). The lowest BCUT2D eigenvalue weighted by atomic mass is 9.95. The predicted molar refractivity (Wildman–Crippen MR) is 62.2 cm³/mol. The third kappa shape index (κ3) is 3.88. The molecule has 0 saturated carbocycles. The molecule has 1 aliphatic heterocycles. The van der Waals surface area contributed by atoms with E-state index in [-0.39, 0.29) is 6.04 Å². The van der Waals surface area contributed by atoms with E-state index in [9.17, 15) is 0 Å². The van der Waals surface area contributed by atoms with E-state index in [0.29, 0.717) is 5.92 Å². The van der Waals surface area contributed by atoms with Crippen molar-refractivity contribution >= 4 is 6.09 Å². The molecule has 0 bridgehead atoms. The van der Waals surface area contributed by atoms with Crippen molar-refractivity contribution in [2.24, 2.45) is 11.5 Å². The number of carbonyl (C=O) groups is 1. The molecule has 16 heavy (non-hydrogen) atoms. The summed E-state index contributed by atoms with van der Waals surface area (Å²) >= 11 is 0. The zero-order valence-corrected chi connectivity index (χ0v) is 8.97. The van der Waals surface area contributed by atoms with Gasteiger partial charge in [-0.3, -0.25) is 0 Å². The van der Waals surface area contributed by atoms with E-state index in [1.807, 2.05) is 6.07 Å². The van der Waals surface area contributed by atoms with Crippen molar-refractivity contribution in [2.75, 3.05) is 13.1 Å². The van der Waals surface area contributed by atoms with E-state index in [0.717, 1.165) is 13.1 Å². The molecule has 1 saturated heterocycles. The van der Waals surface area contributed by atoms with Crippen LogP contribution in [0.5, 0.6) is 0 Å². The molecule has 0 unspecified atom stereocenters. The molecule has 1 fully saturated rings. The van der Waals surface area contributed by atoms with Gasteiger partial charge >= 0.3 is 6.09 Å². The number of hydrogen-bond acceptors (Lipinski definition) is 3. The Balaban J connectivity index is 0.000000280. The number of benzene rings is 1. The van der Waals surface area contributed by atoms with E-state index in [1.165, 1.54) is 5.56 Å². The SMILES string of the molecule is NC(=O)O.N[C@@H]1CNC[C@H]1c1ccccc1. The Hall–Kier alpha value is -1.59. The molecule has 5 heteroatoms. The molecule has 1 aromatic rings. The van der Waals surface area contributed by atoms with E-state index in [2.05, 4.69) is 35.3 Å². The smallest absolute Gasteiger partial charge is 0.402 e. The molecular formula is C11H17N3O2. The lowest BCUT2D eigenvalue weighted by molar-refractivity contribution is 0.205. The van der Waals surface area contributed by atoms with E-state index >= 15 is 0 Å². The number of nitrogens with two attached hydrogens (primary N) is 2. The fourth-order valence-corrected chi connectivity index (χ4v) is 1.76. The van der Waals surface area contributed by atoms with E-state index in [1.54, 1.807) is 0 Å².